The van der Waals surface area contributed by atoms with Crippen molar-refractivity contribution in [2.75, 3.05) is 5.32 Å². The first-order valence-electron chi connectivity index (χ1n) is 5.65. The van der Waals surface area contributed by atoms with E-state index in [4.69, 9.17) is 0 Å². The average Bonchev–Trinajstić information content (AvgIpc) is 2.85. The van der Waals surface area contributed by atoms with Crippen LogP contribution < -0.4 is 5.32 Å². The fraction of sp³-hybridized carbons (Fsp3) is 0.333. The van der Waals surface area contributed by atoms with Gasteiger partial charge in [-0.15, -0.1) is 0 Å². The smallest absolute Gasteiger partial charge is 0.273 e. The number of carbonyl (C=O) groups is 1. The van der Waals surface area contributed by atoms with E-state index in [0.29, 0.717) is 11.5 Å². The number of nitrogens with one attached hydrogen (secondary N) is 1. The minimum Gasteiger partial charge on any atom is -0.345 e. The fourth-order valence-corrected chi connectivity index (χ4v) is 2.28. The molecular formula is C12H15BrN4O. The molecule has 0 atom stereocenters. The third kappa shape index (κ3) is 2.48. The van der Waals surface area contributed by atoms with Crippen molar-refractivity contribution in [2.24, 2.45) is 7.05 Å². The monoisotopic (exact) mass is 310 g/mol. The lowest BCUT2D eigenvalue weighted by atomic mass is 10.4. The van der Waals surface area contributed by atoms with E-state index in [1.54, 1.807) is 27.6 Å². The molecule has 0 saturated carbocycles. The summed E-state index contributed by atoms with van der Waals surface area (Å²) in [6, 6.07) is 3.77. The highest BCUT2D eigenvalue weighted by molar-refractivity contribution is 9.10. The Labute approximate surface area is 114 Å². The largest absolute Gasteiger partial charge is 0.345 e. The van der Waals surface area contributed by atoms with Crippen LogP contribution in [-0.2, 0) is 7.05 Å². The second-order valence-electron chi connectivity index (χ2n) is 4.36. The van der Waals surface area contributed by atoms with Crippen LogP contribution >= 0.6 is 15.9 Å². The van der Waals surface area contributed by atoms with Gasteiger partial charge in [-0.2, -0.15) is 5.10 Å². The van der Waals surface area contributed by atoms with Crippen molar-refractivity contribution >= 4 is 27.7 Å². The first-order chi connectivity index (χ1) is 8.49. The average molecular weight is 311 g/mol. The highest BCUT2D eigenvalue weighted by Crippen LogP contribution is 2.17. The van der Waals surface area contributed by atoms with Crippen LogP contribution in [0.25, 0.3) is 0 Å². The lowest BCUT2D eigenvalue weighted by molar-refractivity contribution is 0.101. The molecule has 0 spiro atoms. The van der Waals surface area contributed by atoms with Gasteiger partial charge >= 0.3 is 0 Å². The highest BCUT2D eigenvalue weighted by Gasteiger charge is 2.14. The van der Waals surface area contributed by atoms with Crippen molar-refractivity contribution < 1.29 is 4.79 Å². The molecule has 5 nitrogen and oxygen atoms in total. The molecule has 18 heavy (non-hydrogen) atoms. The fourth-order valence-electron chi connectivity index (χ4n) is 1.76. The van der Waals surface area contributed by atoms with Gasteiger partial charge < -0.3 is 9.88 Å². The Morgan fingerprint density at radius 2 is 2.22 bits per heavy atom. The van der Waals surface area contributed by atoms with Gasteiger partial charge in [0.1, 0.15) is 11.5 Å². The van der Waals surface area contributed by atoms with E-state index < -0.39 is 0 Å². The zero-order chi connectivity index (χ0) is 13.3. The Bertz CT molecular complexity index is 570. The molecule has 0 aromatic carbocycles. The molecule has 2 aromatic heterocycles. The van der Waals surface area contributed by atoms with E-state index in [1.165, 1.54) is 0 Å². The highest BCUT2D eigenvalue weighted by atomic mass is 79.9. The van der Waals surface area contributed by atoms with E-state index in [1.807, 2.05) is 27.1 Å². The minimum absolute atomic E-state index is 0.148. The molecule has 96 valence electrons. The SMILES string of the molecule is CC(C)n1nccc1NC(=O)c1cc(Br)cn1C. The molecular weight excluding hydrogens is 296 g/mol. The number of aromatic nitrogens is 3. The number of rotatable bonds is 3. The van der Waals surface area contributed by atoms with Gasteiger partial charge in [0.25, 0.3) is 5.91 Å². The van der Waals surface area contributed by atoms with Crippen LogP contribution in [0.2, 0.25) is 0 Å². The lowest BCUT2D eigenvalue weighted by Crippen LogP contribution is -2.18. The predicted octanol–water partition coefficient (Wildman–Crippen LogP) is 2.82. The molecule has 1 amide bonds. The topological polar surface area (TPSA) is 51.9 Å². The van der Waals surface area contributed by atoms with Crippen molar-refractivity contribution in [3.63, 3.8) is 0 Å². The van der Waals surface area contributed by atoms with Gasteiger partial charge in [0.05, 0.1) is 6.20 Å². The van der Waals surface area contributed by atoms with Crippen LogP contribution in [0.3, 0.4) is 0 Å². The number of amides is 1. The van der Waals surface area contributed by atoms with Crippen LogP contribution in [0.1, 0.15) is 30.4 Å². The Morgan fingerprint density at radius 1 is 1.50 bits per heavy atom. The first-order valence-corrected chi connectivity index (χ1v) is 6.45. The van der Waals surface area contributed by atoms with Crippen LogP contribution in [0.4, 0.5) is 5.82 Å². The number of aryl methyl sites for hydroxylation is 1. The quantitative estimate of drug-likeness (QED) is 0.947. The Balaban J connectivity index is 2.21. The number of halogens is 1. The summed E-state index contributed by atoms with van der Waals surface area (Å²) in [6.07, 6.45) is 3.52. The molecule has 0 unspecified atom stereocenters. The van der Waals surface area contributed by atoms with Crippen LogP contribution in [0, 0.1) is 0 Å². The van der Waals surface area contributed by atoms with Gasteiger partial charge in [-0.3, -0.25) is 4.79 Å². The van der Waals surface area contributed by atoms with E-state index in [9.17, 15) is 4.79 Å². The van der Waals surface area contributed by atoms with Crippen LogP contribution in [-0.4, -0.2) is 20.3 Å². The molecule has 0 aliphatic rings. The van der Waals surface area contributed by atoms with Gasteiger partial charge in [0.15, 0.2) is 0 Å². The number of nitrogens with zero attached hydrogens (tertiary/aromatic N) is 3. The van der Waals surface area contributed by atoms with Crippen molar-refractivity contribution in [1.82, 2.24) is 14.3 Å². The third-order valence-corrected chi connectivity index (χ3v) is 3.04. The predicted molar refractivity (Wildman–Crippen MR) is 73.7 cm³/mol. The summed E-state index contributed by atoms with van der Waals surface area (Å²) in [5.41, 5.74) is 0.596. The molecule has 2 heterocycles. The van der Waals surface area contributed by atoms with E-state index >= 15 is 0 Å². The van der Waals surface area contributed by atoms with Gasteiger partial charge in [0, 0.05) is 29.8 Å². The molecule has 0 saturated heterocycles. The van der Waals surface area contributed by atoms with Gasteiger partial charge in [-0.05, 0) is 35.8 Å². The number of carbonyl (C=O) groups excluding carboxylic acids is 1. The van der Waals surface area contributed by atoms with Gasteiger partial charge in [-0.25, -0.2) is 4.68 Å². The number of hydrogen-bond acceptors (Lipinski definition) is 2. The third-order valence-electron chi connectivity index (χ3n) is 2.61. The maximum Gasteiger partial charge on any atom is 0.273 e. The molecule has 0 radical (unpaired) electrons. The first kappa shape index (κ1) is 12.9. The summed E-state index contributed by atoms with van der Waals surface area (Å²) < 4.78 is 4.43. The normalized spacial score (nSPS) is 10.9. The summed E-state index contributed by atoms with van der Waals surface area (Å²) in [6.45, 7) is 4.03. The van der Waals surface area contributed by atoms with Crippen LogP contribution in [0.15, 0.2) is 29.0 Å². The maximum absolute atomic E-state index is 12.1. The van der Waals surface area contributed by atoms with E-state index in [-0.39, 0.29) is 11.9 Å². The Morgan fingerprint density at radius 3 is 2.78 bits per heavy atom. The van der Waals surface area contributed by atoms with Gasteiger partial charge in [-0.1, -0.05) is 0 Å². The standard InChI is InChI=1S/C12H15BrN4O/c1-8(2)17-11(4-5-14-17)15-12(18)10-6-9(13)7-16(10)3/h4-8H,1-3H3,(H,15,18). The zero-order valence-electron chi connectivity index (χ0n) is 10.5. The lowest BCUT2D eigenvalue weighted by Gasteiger charge is -2.11. The van der Waals surface area contributed by atoms with E-state index in [2.05, 4.69) is 26.3 Å². The zero-order valence-corrected chi connectivity index (χ0v) is 12.1. The molecule has 2 rings (SSSR count). The number of anilines is 1. The van der Waals surface area contributed by atoms with Crippen molar-refractivity contribution in [3.8, 4) is 0 Å². The van der Waals surface area contributed by atoms with Gasteiger partial charge in [0.2, 0.25) is 0 Å². The number of hydrogen-bond donors (Lipinski definition) is 1. The van der Waals surface area contributed by atoms with Crippen molar-refractivity contribution in [2.45, 2.75) is 19.9 Å². The summed E-state index contributed by atoms with van der Waals surface area (Å²) >= 11 is 3.35. The summed E-state index contributed by atoms with van der Waals surface area (Å²) in [5.74, 6) is 0.554. The molecule has 0 fully saturated rings. The van der Waals surface area contributed by atoms with Crippen molar-refractivity contribution in [3.05, 3.63) is 34.7 Å². The van der Waals surface area contributed by atoms with Crippen molar-refractivity contribution in [1.29, 1.82) is 0 Å². The van der Waals surface area contributed by atoms with E-state index in [0.717, 1.165) is 4.47 Å². The molecule has 0 aliphatic heterocycles. The molecule has 0 aliphatic carbocycles. The van der Waals surface area contributed by atoms with Crippen LogP contribution in [0.5, 0.6) is 0 Å². The minimum atomic E-state index is -0.148. The summed E-state index contributed by atoms with van der Waals surface area (Å²) in [7, 11) is 1.83. The summed E-state index contributed by atoms with van der Waals surface area (Å²) in [4.78, 5) is 12.1. The Hall–Kier alpha value is -1.56. The maximum atomic E-state index is 12.1. The second-order valence-corrected chi connectivity index (χ2v) is 5.28. The molecule has 2 aromatic rings. The second kappa shape index (κ2) is 4.97. The summed E-state index contributed by atoms with van der Waals surface area (Å²) in [5, 5.41) is 7.04. The molecule has 0 bridgehead atoms. The molecule has 6 heteroatoms. The molecule has 1 N–H and O–H groups in total. The Kier molecular flexibility index (Phi) is 3.56.